The van der Waals surface area contributed by atoms with Gasteiger partial charge < -0.3 is 4.90 Å². The third kappa shape index (κ3) is 3.57. The maximum Gasteiger partial charge on any atom is 0.103 e. The van der Waals surface area contributed by atoms with Crippen LogP contribution in [0.15, 0.2) is 48.6 Å². The Labute approximate surface area is 116 Å². The average molecular weight is 254 g/mol. The number of allylic oxidation sites excluding steroid dienone is 4. The molecule has 0 saturated carbocycles. The van der Waals surface area contributed by atoms with E-state index >= 15 is 0 Å². The minimum atomic E-state index is 0.610. The second-order valence-corrected chi connectivity index (χ2v) is 5.94. The zero-order chi connectivity index (χ0) is 12.9. The summed E-state index contributed by atoms with van der Waals surface area (Å²) in [6, 6.07) is 9.30. The lowest BCUT2D eigenvalue weighted by atomic mass is 9.99. The maximum absolute atomic E-state index is 2.33. The first kappa shape index (κ1) is 12.7. The first-order valence-corrected chi connectivity index (χ1v) is 7.66. The molecule has 1 N–H and O–H groups in total. The van der Waals surface area contributed by atoms with Crippen molar-refractivity contribution in [2.24, 2.45) is 5.92 Å². The van der Waals surface area contributed by atoms with Crippen LogP contribution in [0.4, 0.5) is 0 Å². The quantitative estimate of drug-likeness (QED) is 0.842. The average Bonchev–Trinajstić information content (AvgIpc) is 2.95. The minimum Gasteiger partial charge on any atom is -0.331 e. The van der Waals surface area contributed by atoms with Crippen LogP contribution in [0.2, 0.25) is 0 Å². The summed E-state index contributed by atoms with van der Waals surface area (Å²) in [5, 5.41) is 0. The Balaban J connectivity index is 1.55. The highest BCUT2D eigenvalue weighted by Gasteiger charge is 2.13. The van der Waals surface area contributed by atoms with Gasteiger partial charge in [-0.2, -0.15) is 0 Å². The largest absolute Gasteiger partial charge is 0.331 e. The van der Waals surface area contributed by atoms with E-state index in [1.54, 1.807) is 4.90 Å². The van der Waals surface area contributed by atoms with Crippen LogP contribution in [-0.2, 0) is 13.0 Å². The van der Waals surface area contributed by atoms with Gasteiger partial charge in [0.05, 0.1) is 13.1 Å². The molecule has 1 fully saturated rings. The highest BCUT2D eigenvalue weighted by molar-refractivity contribution is 5.26. The van der Waals surface area contributed by atoms with E-state index in [2.05, 4.69) is 48.6 Å². The monoisotopic (exact) mass is 254 g/mol. The molecular formula is C18H24N+. The van der Waals surface area contributed by atoms with Gasteiger partial charge in [-0.15, -0.1) is 0 Å². The predicted molar refractivity (Wildman–Crippen MR) is 80.2 cm³/mol. The van der Waals surface area contributed by atoms with Crippen molar-refractivity contribution < 1.29 is 4.90 Å². The molecule has 1 nitrogen and oxygen atoms in total. The summed E-state index contributed by atoms with van der Waals surface area (Å²) in [6.45, 7) is 3.93. The summed E-state index contributed by atoms with van der Waals surface area (Å²) in [5.74, 6) is 0.610. The van der Waals surface area contributed by atoms with E-state index in [0.29, 0.717) is 5.92 Å². The Bertz CT molecular complexity index is 437. The van der Waals surface area contributed by atoms with Gasteiger partial charge in [-0.05, 0) is 37.2 Å². The third-order valence-electron chi connectivity index (χ3n) is 4.34. The predicted octanol–water partition coefficient (Wildman–Crippen LogP) is 2.54. The fourth-order valence-electron chi connectivity index (χ4n) is 3.20. The number of quaternary nitrogens is 1. The van der Waals surface area contributed by atoms with Gasteiger partial charge >= 0.3 is 0 Å². The number of likely N-dealkylation sites (tertiary alicyclic amines) is 1. The summed E-state index contributed by atoms with van der Waals surface area (Å²) in [6.07, 6.45) is 14.3. The minimum absolute atomic E-state index is 0.610. The fourth-order valence-corrected chi connectivity index (χ4v) is 3.20. The highest BCUT2D eigenvalue weighted by Crippen LogP contribution is 2.16. The number of nitrogens with one attached hydrogen (secondary N) is 1. The molecule has 0 unspecified atom stereocenters. The summed E-state index contributed by atoms with van der Waals surface area (Å²) in [5.41, 5.74) is 2.96. The van der Waals surface area contributed by atoms with E-state index in [-0.39, 0.29) is 0 Å². The van der Waals surface area contributed by atoms with Crippen LogP contribution in [0.25, 0.3) is 0 Å². The second-order valence-electron chi connectivity index (χ2n) is 5.94. The van der Waals surface area contributed by atoms with Gasteiger partial charge in [-0.1, -0.05) is 48.6 Å². The molecule has 1 aliphatic carbocycles. The van der Waals surface area contributed by atoms with E-state index in [1.165, 1.54) is 50.0 Å². The van der Waals surface area contributed by atoms with Crippen LogP contribution < -0.4 is 4.90 Å². The number of hydrogen-bond donors (Lipinski definition) is 1. The van der Waals surface area contributed by atoms with Crippen molar-refractivity contribution in [2.75, 3.05) is 13.1 Å². The molecule has 0 aromatic heterocycles. The van der Waals surface area contributed by atoms with Crippen molar-refractivity contribution >= 4 is 0 Å². The molecule has 19 heavy (non-hydrogen) atoms. The van der Waals surface area contributed by atoms with Gasteiger partial charge in [0.1, 0.15) is 6.54 Å². The van der Waals surface area contributed by atoms with Crippen molar-refractivity contribution in [3.63, 3.8) is 0 Å². The van der Waals surface area contributed by atoms with Gasteiger partial charge in [0, 0.05) is 5.56 Å². The summed E-state index contributed by atoms with van der Waals surface area (Å²) in [4.78, 5) is 1.76. The molecule has 1 heteroatoms. The zero-order valence-corrected chi connectivity index (χ0v) is 11.6. The van der Waals surface area contributed by atoms with E-state index < -0.39 is 0 Å². The fraction of sp³-hybridized carbons (Fsp3) is 0.444. The van der Waals surface area contributed by atoms with Gasteiger partial charge in [0.15, 0.2) is 0 Å². The molecule has 1 heterocycles. The SMILES string of the molecule is C1=CC(Cc2ccc(C[NH+]3CCCCC3)cc2)C=C1. The van der Waals surface area contributed by atoms with Crippen LogP contribution in [0.3, 0.4) is 0 Å². The van der Waals surface area contributed by atoms with E-state index in [1.807, 2.05) is 0 Å². The number of piperidine rings is 1. The van der Waals surface area contributed by atoms with Crippen LogP contribution in [0, 0.1) is 5.92 Å². The van der Waals surface area contributed by atoms with E-state index in [4.69, 9.17) is 0 Å². The molecular weight excluding hydrogens is 230 g/mol. The van der Waals surface area contributed by atoms with Gasteiger partial charge in [-0.3, -0.25) is 0 Å². The van der Waals surface area contributed by atoms with E-state index in [9.17, 15) is 0 Å². The van der Waals surface area contributed by atoms with Crippen LogP contribution >= 0.6 is 0 Å². The van der Waals surface area contributed by atoms with Crippen LogP contribution in [-0.4, -0.2) is 13.1 Å². The smallest absolute Gasteiger partial charge is 0.103 e. The van der Waals surface area contributed by atoms with Crippen molar-refractivity contribution in [3.05, 3.63) is 59.7 Å². The maximum atomic E-state index is 2.33. The molecule has 1 saturated heterocycles. The molecule has 0 bridgehead atoms. The molecule has 0 radical (unpaired) electrons. The first-order valence-electron chi connectivity index (χ1n) is 7.66. The normalized spacial score (nSPS) is 20.2. The first-order chi connectivity index (χ1) is 9.40. The topological polar surface area (TPSA) is 4.44 Å². The zero-order valence-electron chi connectivity index (χ0n) is 11.6. The Morgan fingerprint density at radius 1 is 0.842 bits per heavy atom. The Morgan fingerprint density at radius 2 is 1.47 bits per heavy atom. The molecule has 0 atom stereocenters. The van der Waals surface area contributed by atoms with Crippen molar-refractivity contribution in [3.8, 4) is 0 Å². The van der Waals surface area contributed by atoms with Gasteiger partial charge in [0.2, 0.25) is 0 Å². The second kappa shape index (κ2) is 6.21. The van der Waals surface area contributed by atoms with E-state index in [0.717, 1.165) is 6.42 Å². The number of hydrogen-bond acceptors (Lipinski definition) is 0. The third-order valence-corrected chi connectivity index (χ3v) is 4.34. The van der Waals surface area contributed by atoms with Crippen LogP contribution in [0.5, 0.6) is 0 Å². The standard InChI is InChI=1S/C18H23N/c1-4-12-19(13-5-1)15-18-10-8-17(9-11-18)14-16-6-2-3-7-16/h2-3,6-11,16H,1,4-5,12-15H2/p+1. The van der Waals surface area contributed by atoms with Crippen LogP contribution in [0.1, 0.15) is 30.4 Å². The number of benzene rings is 1. The Morgan fingerprint density at radius 3 is 2.16 bits per heavy atom. The molecule has 0 amide bonds. The lowest BCUT2D eigenvalue weighted by molar-refractivity contribution is -0.918. The summed E-state index contributed by atoms with van der Waals surface area (Å²) >= 11 is 0. The van der Waals surface area contributed by atoms with Crippen molar-refractivity contribution in [1.29, 1.82) is 0 Å². The highest BCUT2D eigenvalue weighted by atomic mass is 15.1. The van der Waals surface area contributed by atoms with Crippen molar-refractivity contribution in [2.45, 2.75) is 32.2 Å². The van der Waals surface area contributed by atoms with Gasteiger partial charge in [-0.25, -0.2) is 0 Å². The molecule has 0 spiro atoms. The lowest BCUT2D eigenvalue weighted by Gasteiger charge is -2.23. The summed E-state index contributed by atoms with van der Waals surface area (Å²) in [7, 11) is 0. The van der Waals surface area contributed by atoms with Gasteiger partial charge in [0.25, 0.3) is 0 Å². The molecule has 3 rings (SSSR count). The molecule has 1 aromatic rings. The molecule has 1 aromatic carbocycles. The molecule has 100 valence electrons. The number of rotatable bonds is 4. The summed E-state index contributed by atoms with van der Waals surface area (Å²) < 4.78 is 0. The Hall–Kier alpha value is -1.34. The lowest BCUT2D eigenvalue weighted by Crippen LogP contribution is -3.11. The molecule has 2 aliphatic rings. The Kier molecular flexibility index (Phi) is 4.14. The molecule has 1 aliphatic heterocycles. The van der Waals surface area contributed by atoms with Crippen molar-refractivity contribution in [1.82, 2.24) is 0 Å².